The number of rotatable bonds is 7. The van der Waals surface area contributed by atoms with Crippen LogP contribution in [0.15, 0.2) is 26.0 Å². The van der Waals surface area contributed by atoms with E-state index >= 15 is 0 Å². The number of benzene rings is 1. The van der Waals surface area contributed by atoms with Gasteiger partial charge in [0.1, 0.15) is 5.75 Å². The van der Waals surface area contributed by atoms with Crippen molar-refractivity contribution in [3.8, 4) is 5.75 Å². The number of ether oxygens (including phenoxy) is 2. The molecule has 1 aromatic carbocycles. The molecule has 0 radical (unpaired) electrons. The molecule has 0 saturated carbocycles. The summed E-state index contributed by atoms with van der Waals surface area (Å²) in [6.45, 7) is 1.21. The minimum absolute atomic E-state index is 0.0136. The molecule has 0 aliphatic rings. The standard InChI is InChI=1S/C11H13Br2ClO4S/c1-17-4-2-3-5-18-11-9(12)6-8(7-10(11)13)19(14,15)16/h6-7H,2-5H2,1H3. The summed E-state index contributed by atoms with van der Waals surface area (Å²) in [5.74, 6) is 0.557. The molecular formula is C11H13Br2ClO4S. The van der Waals surface area contributed by atoms with Gasteiger partial charge in [-0.2, -0.15) is 0 Å². The monoisotopic (exact) mass is 434 g/mol. The Balaban J connectivity index is 2.75. The van der Waals surface area contributed by atoms with Gasteiger partial charge in [-0.15, -0.1) is 0 Å². The first-order valence-electron chi connectivity index (χ1n) is 5.41. The third-order valence-corrected chi connectivity index (χ3v) is 4.75. The fraction of sp³-hybridized carbons (Fsp3) is 0.455. The fourth-order valence-electron chi connectivity index (χ4n) is 1.34. The van der Waals surface area contributed by atoms with Gasteiger partial charge < -0.3 is 9.47 Å². The highest BCUT2D eigenvalue weighted by atomic mass is 79.9. The molecule has 1 aromatic rings. The molecule has 0 atom stereocenters. The van der Waals surface area contributed by atoms with Crippen molar-refractivity contribution in [2.45, 2.75) is 17.7 Å². The topological polar surface area (TPSA) is 52.6 Å². The Labute approximate surface area is 134 Å². The van der Waals surface area contributed by atoms with Gasteiger partial charge in [0, 0.05) is 24.4 Å². The molecule has 0 N–H and O–H groups in total. The predicted octanol–water partition coefficient (Wildman–Crippen LogP) is 3.94. The minimum atomic E-state index is -3.76. The van der Waals surface area contributed by atoms with Gasteiger partial charge in [0.2, 0.25) is 0 Å². The van der Waals surface area contributed by atoms with Crippen LogP contribution in [-0.2, 0) is 13.8 Å². The van der Waals surface area contributed by atoms with Crippen LogP contribution >= 0.6 is 42.5 Å². The maximum Gasteiger partial charge on any atom is 0.261 e. The Morgan fingerprint density at radius 2 is 1.68 bits per heavy atom. The van der Waals surface area contributed by atoms with Gasteiger partial charge >= 0.3 is 0 Å². The molecule has 0 amide bonds. The van der Waals surface area contributed by atoms with E-state index in [9.17, 15) is 8.42 Å². The van der Waals surface area contributed by atoms with Crippen LogP contribution in [0.1, 0.15) is 12.8 Å². The summed E-state index contributed by atoms with van der Waals surface area (Å²) < 4.78 is 34.1. The van der Waals surface area contributed by atoms with Crippen molar-refractivity contribution < 1.29 is 17.9 Å². The number of hydrogen-bond acceptors (Lipinski definition) is 4. The second-order valence-electron chi connectivity index (χ2n) is 3.70. The van der Waals surface area contributed by atoms with E-state index < -0.39 is 9.05 Å². The van der Waals surface area contributed by atoms with Crippen molar-refractivity contribution in [1.82, 2.24) is 0 Å². The van der Waals surface area contributed by atoms with E-state index in [1.807, 2.05) is 0 Å². The van der Waals surface area contributed by atoms with Crippen LogP contribution in [0, 0.1) is 0 Å². The lowest BCUT2D eigenvalue weighted by Crippen LogP contribution is -2.01. The van der Waals surface area contributed by atoms with Gasteiger partial charge in [0.25, 0.3) is 9.05 Å². The smallest absolute Gasteiger partial charge is 0.261 e. The van der Waals surface area contributed by atoms with Crippen LogP contribution in [-0.4, -0.2) is 28.7 Å². The summed E-state index contributed by atoms with van der Waals surface area (Å²) >= 11 is 6.54. The Morgan fingerprint density at radius 3 is 2.16 bits per heavy atom. The molecule has 8 heteroatoms. The van der Waals surface area contributed by atoms with E-state index in [1.54, 1.807) is 7.11 Å². The molecule has 0 unspecified atom stereocenters. The third-order valence-electron chi connectivity index (χ3n) is 2.24. The summed E-state index contributed by atoms with van der Waals surface area (Å²) in [5, 5.41) is 0. The summed E-state index contributed by atoms with van der Waals surface area (Å²) in [5.41, 5.74) is 0. The second kappa shape index (κ2) is 7.83. The molecule has 0 aliphatic carbocycles. The highest BCUT2D eigenvalue weighted by molar-refractivity contribution is 9.11. The van der Waals surface area contributed by atoms with Crippen LogP contribution in [0.25, 0.3) is 0 Å². The molecule has 1 rings (SSSR count). The highest BCUT2D eigenvalue weighted by Gasteiger charge is 2.16. The molecule has 0 heterocycles. The predicted molar refractivity (Wildman–Crippen MR) is 81.5 cm³/mol. The van der Waals surface area contributed by atoms with E-state index in [4.69, 9.17) is 20.2 Å². The first kappa shape index (κ1) is 17.2. The summed E-state index contributed by atoms with van der Waals surface area (Å²) in [4.78, 5) is 0.0136. The van der Waals surface area contributed by atoms with Gasteiger partial charge in [-0.05, 0) is 56.8 Å². The van der Waals surface area contributed by atoms with Crippen LogP contribution < -0.4 is 4.74 Å². The molecule has 0 saturated heterocycles. The molecular weight excluding hydrogens is 423 g/mol. The average Bonchev–Trinajstić information content (AvgIpc) is 2.30. The van der Waals surface area contributed by atoms with Crippen molar-refractivity contribution in [2.75, 3.05) is 20.3 Å². The normalized spacial score (nSPS) is 11.6. The molecule has 0 fully saturated rings. The van der Waals surface area contributed by atoms with Crippen molar-refractivity contribution in [3.05, 3.63) is 21.1 Å². The largest absolute Gasteiger partial charge is 0.491 e. The number of hydrogen-bond donors (Lipinski definition) is 0. The molecule has 0 aliphatic heterocycles. The van der Waals surface area contributed by atoms with Crippen LogP contribution in [0.2, 0.25) is 0 Å². The molecule has 4 nitrogen and oxygen atoms in total. The Bertz CT molecular complexity index is 510. The summed E-state index contributed by atoms with van der Waals surface area (Å²) in [6.07, 6.45) is 1.75. The van der Waals surface area contributed by atoms with Gasteiger partial charge in [-0.3, -0.25) is 0 Å². The quantitative estimate of drug-likeness (QED) is 0.480. The average molecular weight is 437 g/mol. The van der Waals surface area contributed by atoms with Crippen LogP contribution in [0.5, 0.6) is 5.75 Å². The van der Waals surface area contributed by atoms with E-state index in [1.165, 1.54) is 12.1 Å². The van der Waals surface area contributed by atoms with Crippen molar-refractivity contribution in [3.63, 3.8) is 0 Å². The highest BCUT2D eigenvalue weighted by Crippen LogP contribution is 2.36. The number of unbranched alkanes of at least 4 members (excludes halogenated alkanes) is 1. The molecule has 19 heavy (non-hydrogen) atoms. The lowest BCUT2D eigenvalue weighted by Gasteiger charge is -2.11. The van der Waals surface area contributed by atoms with E-state index in [2.05, 4.69) is 31.9 Å². The van der Waals surface area contributed by atoms with Crippen molar-refractivity contribution in [1.29, 1.82) is 0 Å². The maximum absolute atomic E-state index is 11.2. The van der Waals surface area contributed by atoms with Crippen LogP contribution in [0.3, 0.4) is 0 Å². The van der Waals surface area contributed by atoms with E-state index in [-0.39, 0.29) is 4.90 Å². The van der Waals surface area contributed by atoms with Crippen molar-refractivity contribution in [2.24, 2.45) is 0 Å². The fourth-order valence-corrected chi connectivity index (χ4v) is 3.84. The second-order valence-corrected chi connectivity index (χ2v) is 7.98. The van der Waals surface area contributed by atoms with Gasteiger partial charge in [0.05, 0.1) is 20.4 Å². The first-order chi connectivity index (χ1) is 8.86. The maximum atomic E-state index is 11.2. The number of methoxy groups -OCH3 is 1. The molecule has 0 spiro atoms. The lowest BCUT2D eigenvalue weighted by molar-refractivity contribution is 0.184. The minimum Gasteiger partial charge on any atom is -0.491 e. The Hall–Kier alpha value is 0.180. The Kier molecular flexibility index (Phi) is 7.10. The zero-order chi connectivity index (χ0) is 14.5. The summed E-state index contributed by atoms with van der Waals surface area (Å²) in [6, 6.07) is 2.83. The van der Waals surface area contributed by atoms with Crippen LogP contribution in [0.4, 0.5) is 0 Å². The van der Waals surface area contributed by atoms with Gasteiger partial charge in [0.15, 0.2) is 0 Å². The van der Waals surface area contributed by atoms with E-state index in [0.29, 0.717) is 27.9 Å². The molecule has 0 aromatic heterocycles. The van der Waals surface area contributed by atoms with Gasteiger partial charge in [-0.1, -0.05) is 0 Å². The zero-order valence-electron chi connectivity index (χ0n) is 10.2. The molecule has 108 valence electrons. The SMILES string of the molecule is COCCCCOc1c(Br)cc(S(=O)(=O)Cl)cc1Br. The number of halogens is 3. The first-order valence-corrected chi connectivity index (χ1v) is 9.31. The molecule has 0 bridgehead atoms. The third kappa shape index (κ3) is 5.59. The van der Waals surface area contributed by atoms with Crippen molar-refractivity contribution >= 4 is 51.6 Å². The zero-order valence-corrected chi connectivity index (χ0v) is 14.9. The lowest BCUT2D eigenvalue weighted by atomic mass is 10.3. The van der Waals surface area contributed by atoms with Gasteiger partial charge in [-0.25, -0.2) is 8.42 Å². The Morgan fingerprint density at radius 1 is 1.16 bits per heavy atom. The van der Waals surface area contributed by atoms with E-state index in [0.717, 1.165) is 12.8 Å². The summed E-state index contributed by atoms with van der Waals surface area (Å²) in [7, 11) is 3.19.